The van der Waals surface area contributed by atoms with Crippen LogP contribution in [-0.4, -0.2) is 30.0 Å². The molecule has 0 spiro atoms. The summed E-state index contributed by atoms with van der Waals surface area (Å²) in [5.41, 5.74) is 1.24. The van der Waals surface area contributed by atoms with Crippen molar-refractivity contribution < 1.29 is 0 Å². The zero-order chi connectivity index (χ0) is 9.80. The number of aromatic nitrogens is 1. The minimum Gasteiger partial charge on any atom is -0.306 e. The van der Waals surface area contributed by atoms with Crippen molar-refractivity contribution in [3.63, 3.8) is 0 Å². The normalized spacial score (nSPS) is 23.6. The number of nitrogens with zero attached hydrogens (tertiary/aromatic N) is 2. The highest BCUT2D eigenvalue weighted by Crippen LogP contribution is 2.18. The van der Waals surface area contributed by atoms with Crippen LogP contribution in [-0.2, 0) is 6.42 Å². The standard InChI is InChI=1S/C12H18N2/c1-14-8-4-5-11(10-14)9-12-6-2-3-7-13-12/h2-3,6-7,11H,4-5,8-10H2,1H3. The molecular formula is C12H18N2. The number of pyridine rings is 1. The van der Waals surface area contributed by atoms with Crippen LogP contribution in [0.25, 0.3) is 0 Å². The van der Waals surface area contributed by atoms with E-state index in [2.05, 4.69) is 29.1 Å². The Balaban J connectivity index is 1.91. The van der Waals surface area contributed by atoms with Gasteiger partial charge in [0.1, 0.15) is 0 Å². The van der Waals surface area contributed by atoms with Gasteiger partial charge in [-0.2, -0.15) is 0 Å². The number of hydrogen-bond acceptors (Lipinski definition) is 2. The minimum absolute atomic E-state index is 0.809. The van der Waals surface area contributed by atoms with Crippen molar-refractivity contribution >= 4 is 0 Å². The molecule has 0 saturated carbocycles. The van der Waals surface area contributed by atoms with Crippen LogP contribution in [0.3, 0.4) is 0 Å². The van der Waals surface area contributed by atoms with E-state index in [-0.39, 0.29) is 0 Å². The van der Waals surface area contributed by atoms with Crippen LogP contribution in [0.4, 0.5) is 0 Å². The molecule has 2 heterocycles. The van der Waals surface area contributed by atoms with Crippen molar-refractivity contribution in [2.45, 2.75) is 19.3 Å². The summed E-state index contributed by atoms with van der Waals surface area (Å²) in [6.45, 7) is 2.50. The van der Waals surface area contributed by atoms with Gasteiger partial charge in [-0.15, -0.1) is 0 Å². The summed E-state index contributed by atoms with van der Waals surface area (Å²) in [7, 11) is 2.21. The lowest BCUT2D eigenvalue weighted by atomic mass is 9.93. The molecule has 2 nitrogen and oxygen atoms in total. The van der Waals surface area contributed by atoms with Gasteiger partial charge in [-0.25, -0.2) is 0 Å². The molecule has 14 heavy (non-hydrogen) atoms. The molecule has 0 bridgehead atoms. The molecule has 2 heteroatoms. The Morgan fingerprint density at radius 1 is 1.50 bits per heavy atom. The van der Waals surface area contributed by atoms with Gasteiger partial charge >= 0.3 is 0 Å². The largest absolute Gasteiger partial charge is 0.306 e. The van der Waals surface area contributed by atoms with E-state index < -0.39 is 0 Å². The van der Waals surface area contributed by atoms with Gasteiger partial charge in [-0.1, -0.05) is 6.07 Å². The third-order valence-corrected chi connectivity index (χ3v) is 2.95. The highest BCUT2D eigenvalue weighted by molar-refractivity contribution is 5.04. The van der Waals surface area contributed by atoms with Crippen molar-refractivity contribution in [1.29, 1.82) is 0 Å². The van der Waals surface area contributed by atoms with E-state index in [1.807, 2.05) is 12.3 Å². The second-order valence-corrected chi connectivity index (χ2v) is 4.30. The number of piperidine rings is 1. The van der Waals surface area contributed by atoms with Gasteiger partial charge in [-0.05, 0) is 50.9 Å². The first kappa shape index (κ1) is 9.66. The highest BCUT2D eigenvalue weighted by atomic mass is 15.1. The number of rotatable bonds is 2. The van der Waals surface area contributed by atoms with Crippen LogP contribution in [0.5, 0.6) is 0 Å². The Kier molecular flexibility index (Phi) is 3.14. The molecule has 1 fully saturated rings. The maximum Gasteiger partial charge on any atom is 0.0406 e. The lowest BCUT2D eigenvalue weighted by Gasteiger charge is -2.29. The fourth-order valence-electron chi connectivity index (χ4n) is 2.25. The van der Waals surface area contributed by atoms with Crippen LogP contribution < -0.4 is 0 Å². The Hall–Kier alpha value is -0.890. The average Bonchev–Trinajstić information content (AvgIpc) is 2.19. The first-order chi connectivity index (χ1) is 6.84. The van der Waals surface area contributed by atoms with Gasteiger partial charge in [0.15, 0.2) is 0 Å². The molecule has 76 valence electrons. The van der Waals surface area contributed by atoms with E-state index in [9.17, 15) is 0 Å². The lowest BCUT2D eigenvalue weighted by Crippen LogP contribution is -2.33. The first-order valence-electron chi connectivity index (χ1n) is 5.43. The molecular weight excluding hydrogens is 172 g/mol. The van der Waals surface area contributed by atoms with E-state index in [0.717, 1.165) is 12.3 Å². The van der Waals surface area contributed by atoms with E-state index in [0.29, 0.717) is 0 Å². The van der Waals surface area contributed by atoms with Gasteiger partial charge in [0.05, 0.1) is 0 Å². The monoisotopic (exact) mass is 190 g/mol. The summed E-state index contributed by atoms with van der Waals surface area (Å²) < 4.78 is 0. The Labute approximate surface area is 86.0 Å². The molecule has 1 saturated heterocycles. The zero-order valence-electron chi connectivity index (χ0n) is 8.82. The molecule has 1 unspecified atom stereocenters. The van der Waals surface area contributed by atoms with Crippen LogP contribution >= 0.6 is 0 Å². The SMILES string of the molecule is CN1CCCC(Cc2ccccn2)C1. The summed E-state index contributed by atoms with van der Waals surface area (Å²) in [6.07, 6.45) is 5.74. The molecule has 0 aromatic carbocycles. The van der Waals surface area contributed by atoms with Gasteiger partial charge in [-0.3, -0.25) is 4.98 Å². The number of likely N-dealkylation sites (tertiary alicyclic amines) is 1. The van der Waals surface area contributed by atoms with Crippen molar-refractivity contribution in [3.05, 3.63) is 30.1 Å². The van der Waals surface area contributed by atoms with E-state index in [1.54, 1.807) is 0 Å². The fraction of sp³-hybridized carbons (Fsp3) is 0.583. The summed E-state index contributed by atoms with van der Waals surface area (Å²) in [6, 6.07) is 6.19. The molecule has 1 atom stereocenters. The van der Waals surface area contributed by atoms with Crippen molar-refractivity contribution in [2.24, 2.45) is 5.92 Å². The zero-order valence-corrected chi connectivity index (χ0v) is 8.82. The van der Waals surface area contributed by atoms with Crippen LogP contribution in [0, 0.1) is 5.92 Å². The summed E-state index contributed by atoms with van der Waals surface area (Å²) >= 11 is 0. The third-order valence-electron chi connectivity index (χ3n) is 2.95. The quantitative estimate of drug-likeness (QED) is 0.708. The van der Waals surface area contributed by atoms with Crippen LogP contribution in [0.15, 0.2) is 24.4 Å². The maximum atomic E-state index is 4.38. The number of hydrogen-bond donors (Lipinski definition) is 0. The molecule has 2 rings (SSSR count). The molecule has 0 radical (unpaired) electrons. The smallest absolute Gasteiger partial charge is 0.0406 e. The Bertz CT molecular complexity index is 271. The second kappa shape index (κ2) is 4.56. The highest BCUT2D eigenvalue weighted by Gasteiger charge is 2.17. The lowest BCUT2D eigenvalue weighted by molar-refractivity contribution is 0.208. The van der Waals surface area contributed by atoms with Gasteiger partial charge in [0, 0.05) is 18.4 Å². The van der Waals surface area contributed by atoms with E-state index >= 15 is 0 Å². The van der Waals surface area contributed by atoms with Gasteiger partial charge in [0.2, 0.25) is 0 Å². The minimum atomic E-state index is 0.809. The van der Waals surface area contributed by atoms with Crippen LogP contribution in [0.1, 0.15) is 18.5 Å². The maximum absolute atomic E-state index is 4.38. The van der Waals surface area contributed by atoms with Crippen molar-refractivity contribution in [1.82, 2.24) is 9.88 Å². The fourth-order valence-corrected chi connectivity index (χ4v) is 2.25. The summed E-state index contributed by atoms with van der Waals surface area (Å²) in [5.74, 6) is 0.809. The topological polar surface area (TPSA) is 16.1 Å². The predicted molar refractivity (Wildman–Crippen MR) is 58.2 cm³/mol. The summed E-state index contributed by atoms with van der Waals surface area (Å²) in [5, 5.41) is 0. The molecule has 0 aliphatic carbocycles. The third kappa shape index (κ3) is 2.55. The molecule has 1 aromatic heterocycles. The average molecular weight is 190 g/mol. The molecule has 0 N–H and O–H groups in total. The molecule has 1 aliphatic rings. The van der Waals surface area contributed by atoms with Gasteiger partial charge < -0.3 is 4.90 Å². The second-order valence-electron chi connectivity index (χ2n) is 4.30. The Morgan fingerprint density at radius 3 is 3.14 bits per heavy atom. The van der Waals surface area contributed by atoms with Crippen molar-refractivity contribution in [3.8, 4) is 0 Å². The molecule has 0 amide bonds. The summed E-state index contributed by atoms with van der Waals surface area (Å²) in [4.78, 5) is 6.81. The van der Waals surface area contributed by atoms with E-state index in [1.165, 1.54) is 31.6 Å². The molecule has 1 aliphatic heterocycles. The van der Waals surface area contributed by atoms with Crippen molar-refractivity contribution in [2.75, 3.05) is 20.1 Å². The van der Waals surface area contributed by atoms with Crippen LogP contribution in [0.2, 0.25) is 0 Å². The van der Waals surface area contributed by atoms with Gasteiger partial charge in [0.25, 0.3) is 0 Å². The molecule has 1 aromatic rings. The predicted octanol–water partition coefficient (Wildman–Crippen LogP) is 1.97. The Morgan fingerprint density at radius 2 is 2.43 bits per heavy atom. The van der Waals surface area contributed by atoms with E-state index in [4.69, 9.17) is 0 Å². The first-order valence-corrected chi connectivity index (χ1v) is 5.43.